The number of anilines is 1. The van der Waals surface area contributed by atoms with Crippen molar-refractivity contribution >= 4 is 29.7 Å². The average molecular weight is 400 g/mol. The smallest absolute Gasteiger partial charge is 0.326 e. The van der Waals surface area contributed by atoms with E-state index in [9.17, 15) is 19.2 Å². The molecule has 1 aliphatic rings. The van der Waals surface area contributed by atoms with Gasteiger partial charge in [-0.1, -0.05) is 35.0 Å². The summed E-state index contributed by atoms with van der Waals surface area (Å²) in [5.74, 6) is -1.99. The van der Waals surface area contributed by atoms with E-state index in [1.807, 2.05) is 31.2 Å². The second-order valence-electron chi connectivity index (χ2n) is 7.10. The van der Waals surface area contributed by atoms with Gasteiger partial charge in [0.05, 0.1) is 0 Å². The molecule has 0 atom stereocenters. The van der Waals surface area contributed by atoms with Crippen molar-refractivity contribution in [2.24, 2.45) is 0 Å². The Hall–Kier alpha value is -3.69. The van der Waals surface area contributed by atoms with Crippen molar-refractivity contribution in [2.45, 2.75) is 26.3 Å². The molecule has 2 aromatic rings. The Morgan fingerprint density at radius 3 is 2.55 bits per heavy atom. The van der Waals surface area contributed by atoms with Crippen LogP contribution in [0.4, 0.5) is 10.7 Å². The molecule has 0 bridgehead atoms. The summed E-state index contributed by atoms with van der Waals surface area (Å²) in [6.45, 7) is 3.82. The molecule has 10 heteroatoms. The largest absolute Gasteiger partial charge is 0.454 e. The summed E-state index contributed by atoms with van der Waals surface area (Å²) >= 11 is 0. The highest BCUT2D eigenvalue weighted by Gasteiger charge is 2.45. The van der Waals surface area contributed by atoms with Gasteiger partial charge in [-0.15, -0.1) is 0 Å². The van der Waals surface area contributed by atoms with E-state index < -0.39 is 42.5 Å². The number of imide groups is 1. The normalized spacial score (nSPS) is 15.2. The Labute approximate surface area is 166 Å². The number of aromatic nitrogens is 1. The van der Waals surface area contributed by atoms with Crippen LogP contribution in [0.1, 0.15) is 19.4 Å². The third-order valence-corrected chi connectivity index (χ3v) is 4.22. The number of carbonyl (C=O) groups excluding carboxylic acids is 4. The number of aryl methyl sites for hydroxylation is 1. The van der Waals surface area contributed by atoms with Crippen LogP contribution in [-0.2, 0) is 19.1 Å². The molecule has 1 aromatic heterocycles. The summed E-state index contributed by atoms with van der Waals surface area (Å²) in [5.41, 5.74) is 1.38. The summed E-state index contributed by atoms with van der Waals surface area (Å²) in [7, 11) is 0. The van der Waals surface area contributed by atoms with Crippen LogP contribution in [-0.4, -0.2) is 52.6 Å². The van der Waals surface area contributed by atoms with Crippen molar-refractivity contribution in [3.05, 3.63) is 35.9 Å². The fraction of sp³-hybridized carbons (Fsp3) is 0.316. The summed E-state index contributed by atoms with van der Waals surface area (Å²) in [6.07, 6.45) is 0. The molecule has 0 aliphatic carbocycles. The zero-order valence-electron chi connectivity index (χ0n) is 16.1. The maximum absolute atomic E-state index is 12.0. The van der Waals surface area contributed by atoms with E-state index in [-0.39, 0.29) is 5.88 Å². The lowest BCUT2D eigenvalue weighted by Crippen LogP contribution is -2.41. The minimum atomic E-state index is -1.09. The zero-order valence-corrected chi connectivity index (χ0v) is 16.1. The van der Waals surface area contributed by atoms with Gasteiger partial charge in [-0.3, -0.25) is 24.6 Å². The van der Waals surface area contributed by atoms with Gasteiger partial charge in [0.15, 0.2) is 6.61 Å². The summed E-state index contributed by atoms with van der Waals surface area (Å²) in [6, 6.07) is 8.45. The fourth-order valence-corrected chi connectivity index (χ4v) is 2.65. The second kappa shape index (κ2) is 7.74. The van der Waals surface area contributed by atoms with E-state index >= 15 is 0 Å². The number of hydrogen-bond donors (Lipinski definition) is 2. The Bertz CT molecular complexity index is 963. The Kier molecular flexibility index (Phi) is 5.35. The number of carbonyl (C=O) groups is 4. The lowest BCUT2D eigenvalue weighted by Gasteiger charge is -2.15. The number of amides is 4. The minimum absolute atomic E-state index is 0.0949. The average Bonchev–Trinajstić information content (AvgIpc) is 3.19. The lowest BCUT2D eigenvalue weighted by molar-refractivity contribution is -0.150. The van der Waals surface area contributed by atoms with Crippen molar-refractivity contribution < 1.29 is 28.4 Å². The van der Waals surface area contributed by atoms with Gasteiger partial charge in [0, 0.05) is 11.6 Å². The predicted octanol–water partition coefficient (Wildman–Crippen LogP) is 1.46. The van der Waals surface area contributed by atoms with Gasteiger partial charge in [0.25, 0.3) is 11.8 Å². The third kappa shape index (κ3) is 4.60. The number of ether oxygens (including phenoxy) is 1. The SMILES string of the molecule is Cc1ccc(-c2cc(NC(=O)COC(=O)CN3C(=O)NC(C)(C)C3=O)on2)cc1. The van der Waals surface area contributed by atoms with Crippen LogP contribution in [0.15, 0.2) is 34.9 Å². The third-order valence-electron chi connectivity index (χ3n) is 4.22. The highest BCUT2D eigenvalue weighted by molar-refractivity contribution is 6.08. The van der Waals surface area contributed by atoms with Crippen molar-refractivity contribution in [2.75, 3.05) is 18.5 Å². The first-order chi connectivity index (χ1) is 13.7. The van der Waals surface area contributed by atoms with Crippen LogP contribution >= 0.6 is 0 Å². The van der Waals surface area contributed by atoms with E-state index in [1.54, 1.807) is 6.07 Å². The molecule has 0 saturated carbocycles. The molecule has 1 fully saturated rings. The van der Waals surface area contributed by atoms with Gasteiger partial charge in [0.2, 0.25) is 5.88 Å². The van der Waals surface area contributed by atoms with Crippen molar-refractivity contribution in [1.82, 2.24) is 15.4 Å². The summed E-state index contributed by atoms with van der Waals surface area (Å²) in [5, 5.41) is 8.74. The van der Waals surface area contributed by atoms with Crippen LogP contribution in [0.2, 0.25) is 0 Å². The first-order valence-corrected chi connectivity index (χ1v) is 8.79. The number of benzene rings is 1. The number of urea groups is 1. The molecule has 29 heavy (non-hydrogen) atoms. The molecule has 0 radical (unpaired) electrons. The van der Waals surface area contributed by atoms with E-state index in [0.29, 0.717) is 5.69 Å². The maximum atomic E-state index is 12.0. The molecule has 0 spiro atoms. The first kappa shape index (κ1) is 20.1. The summed E-state index contributed by atoms with van der Waals surface area (Å²) < 4.78 is 9.88. The number of rotatable bonds is 6. The standard InChI is InChI=1S/C19H20N4O6/c1-11-4-6-12(7-5-11)13-8-15(29-22-13)20-14(24)10-28-16(25)9-23-17(26)19(2,3)21-18(23)27/h4-8H,9-10H2,1-3H3,(H,20,24)(H,21,27). The number of nitrogens with one attached hydrogen (secondary N) is 2. The van der Waals surface area contributed by atoms with Gasteiger partial charge in [-0.05, 0) is 20.8 Å². The quantitative estimate of drug-likeness (QED) is 0.554. The van der Waals surface area contributed by atoms with Crippen molar-refractivity contribution in [3.8, 4) is 11.3 Å². The Morgan fingerprint density at radius 2 is 1.93 bits per heavy atom. The van der Waals surface area contributed by atoms with E-state index in [2.05, 4.69) is 15.8 Å². The van der Waals surface area contributed by atoms with Crippen molar-refractivity contribution in [1.29, 1.82) is 0 Å². The number of hydrogen-bond acceptors (Lipinski definition) is 7. The van der Waals surface area contributed by atoms with Crippen LogP contribution in [0.5, 0.6) is 0 Å². The van der Waals surface area contributed by atoms with Gasteiger partial charge in [-0.25, -0.2) is 4.79 Å². The zero-order chi connectivity index (χ0) is 21.2. The first-order valence-electron chi connectivity index (χ1n) is 8.79. The van der Waals surface area contributed by atoms with Crippen molar-refractivity contribution in [3.63, 3.8) is 0 Å². The molecule has 0 unspecified atom stereocenters. The fourth-order valence-electron chi connectivity index (χ4n) is 2.65. The Morgan fingerprint density at radius 1 is 1.24 bits per heavy atom. The molecule has 1 saturated heterocycles. The van der Waals surface area contributed by atoms with Gasteiger partial charge in [0.1, 0.15) is 17.8 Å². The molecule has 10 nitrogen and oxygen atoms in total. The molecular weight excluding hydrogens is 380 g/mol. The number of nitrogens with zero attached hydrogens (tertiary/aromatic N) is 2. The molecule has 3 rings (SSSR count). The molecule has 2 N–H and O–H groups in total. The highest BCUT2D eigenvalue weighted by atomic mass is 16.5. The van der Waals surface area contributed by atoms with E-state index in [0.717, 1.165) is 16.0 Å². The maximum Gasteiger partial charge on any atom is 0.326 e. The van der Waals surface area contributed by atoms with E-state index in [4.69, 9.17) is 9.26 Å². The van der Waals surface area contributed by atoms with E-state index in [1.165, 1.54) is 13.8 Å². The molecule has 2 heterocycles. The second-order valence-corrected chi connectivity index (χ2v) is 7.10. The predicted molar refractivity (Wildman–Crippen MR) is 101 cm³/mol. The van der Waals surface area contributed by atoms with Gasteiger partial charge in [-0.2, -0.15) is 0 Å². The van der Waals surface area contributed by atoms with Gasteiger partial charge >= 0.3 is 12.0 Å². The Balaban J connectivity index is 1.49. The highest BCUT2D eigenvalue weighted by Crippen LogP contribution is 2.22. The van der Waals surface area contributed by atoms with Crippen LogP contribution in [0, 0.1) is 6.92 Å². The lowest BCUT2D eigenvalue weighted by atomic mass is 10.1. The summed E-state index contributed by atoms with van der Waals surface area (Å²) in [4.78, 5) is 48.3. The number of esters is 1. The molecule has 1 aliphatic heterocycles. The van der Waals surface area contributed by atoms with Gasteiger partial charge < -0.3 is 14.6 Å². The monoisotopic (exact) mass is 400 g/mol. The van der Waals surface area contributed by atoms with Crippen LogP contribution in [0.25, 0.3) is 11.3 Å². The van der Waals surface area contributed by atoms with Crippen LogP contribution < -0.4 is 10.6 Å². The van der Waals surface area contributed by atoms with Crippen LogP contribution in [0.3, 0.4) is 0 Å². The molecular formula is C19H20N4O6. The molecule has 4 amide bonds. The minimum Gasteiger partial charge on any atom is -0.454 e. The topological polar surface area (TPSA) is 131 Å². The molecule has 152 valence electrons. The molecule has 1 aromatic carbocycles.